The topological polar surface area (TPSA) is 0 Å². The monoisotopic (exact) mass is 176 g/mol. The second-order valence-electron chi connectivity index (χ2n) is 2.22. The van der Waals surface area contributed by atoms with Crippen LogP contribution in [-0.4, -0.2) is 5.88 Å². The van der Waals surface area contributed by atoms with Gasteiger partial charge >= 0.3 is 0 Å². The molecule has 60 valence electrons. The van der Waals surface area contributed by atoms with Crippen LogP contribution in [0.1, 0.15) is 5.56 Å². The summed E-state index contributed by atoms with van der Waals surface area (Å²) >= 11 is 5.40. The summed E-state index contributed by atoms with van der Waals surface area (Å²) in [7, 11) is 0. The van der Waals surface area contributed by atoms with Gasteiger partial charge < -0.3 is 0 Å². The Balaban J connectivity index is 2.89. The molecule has 0 aliphatic carbocycles. The Kier molecular flexibility index (Phi) is 2.83. The van der Waals surface area contributed by atoms with Gasteiger partial charge in [0.1, 0.15) is 11.6 Å². The third-order valence-electron chi connectivity index (χ3n) is 1.31. The van der Waals surface area contributed by atoms with E-state index in [0.29, 0.717) is 17.9 Å². The van der Waals surface area contributed by atoms with E-state index in [1.54, 1.807) is 0 Å². The summed E-state index contributed by atoms with van der Waals surface area (Å²) in [5.74, 6) is -0.724. The third kappa shape index (κ3) is 2.46. The van der Waals surface area contributed by atoms with Crippen LogP contribution in [-0.2, 0) is 6.42 Å². The summed E-state index contributed by atoms with van der Waals surface area (Å²) in [6, 6.07) is 3.41. The molecule has 0 unspecified atom stereocenters. The predicted octanol–water partition coefficient (Wildman–Crippen LogP) is 2.75. The van der Waals surface area contributed by atoms with E-state index >= 15 is 0 Å². The number of aryl methyl sites for hydroxylation is 1. The smallest absolute Gasteiger partial charge is 0.126 e. The Morgan fingerprint density at radius 2 is 1.64 bits per heavy atom. The molecular weight excluding hydrogens is 170 g/mol. The van der Waals surface area contributed by atoms with Gasteiger partial charge in [0.05, 0.1) is 0 Å². The van der Waals surface area contributed by atoms with Crippen molar-refractivity contribution >= 4 is 11.6 Å². The van der Waals surface area contributed by atoms with Crippen LogP contribution in [0.15, 0.2) is 18.2 Å². The van der Waals surface area contributed by atoms with Gasteiger partial charge in [-0.15, -0.1) is 11.6 Å². The molecule has 3 heteroatoms. The fraction of sp³-hybridized carbons (Fsp3) is 0.250. The molecule has 1 aromatic rings. The first-order valence-electron chi connectivity index (χ1n) is 3.23. The molecule has 0 heterocycles. The number of benzene rings is 1. The number of rotatable bonds is 2. The minimum absolute atomic E-state index is 0.378. The molecule has 0 saturated carbocycles. The molecule has 0 aliphatic rings. The minimum atomic E-state index is -0.551. The zero-order valence-electron chi connectivity index (χ0n) is 5.78. The minimum Gasteiger partial charge on any atom is -0.207 e. The highest BCUT2D eigenvalue weighted by Crippen LogP contribution is 2.08. The first-order chi connectivity index (χ1) is 5.22. The number of hydrogen-bond donors (Lipinski definition) is 0. The molecule has 0 nitrogen and oxygen atoms in total. The maximum absolute atomic E-state index is 12.5. The van der Waals surface area contributed by atoms with Crippen LogP contribution in [0.2, 0.25) is 0 Å². The largest absolute Gasteiger partial charge is 0.207 e. The normalized spacial score (nSPS) is 10.1. The molecule has 0 N–H and O–H groups in total. The van der Waals surface area contributed by atoms with Gasteiger partial charge in [-0.1, -0.05) is 0 Å². The fourth-order valence-electron chi connectivity index (χ4n) is 0.864. The van der Waals surface area contributed by atoms with E-state index in [-0.39, 0.29) is 0 Å². The van der Waals surface area contributed by atoms with Crippen LogP contribution in [0.3, 0.4) is 0 Å². The third-order valence-corrected chi connectivity index (χ3v) is 1.49. The predicted molar refractivity (Wildman–Crippen MR) is 40.8 cm³/mol. The highest BCUT2D eigenvalue weighted by molar-refractivity contribution is 6.17. The van der Waals surface area contributed by atoms with E-state index < -0.39 is 11.6 Å². The van der Waals surface area contributed by atoms with Crippen molar-refractivity contribution in [2.45, 2.75) is 6.42 Å². The SMILES string of the molecule is Fc1cc(F)cc(CCCl)c1. The highest BCUT2D eigenvalue weighted by atomic mass is 35.5. The molecule has 0 fully saturated rings. The van der Waals surface area contributed by atoms with Crippen LogP contribution in [0.5, 0.6) is 0 Å². The van der Waals surface area contributed by atoms with E-state index in [4.69, 9.17) is 11.6 Å². The summed E-state index contributed by atoms with van der Waals surface area (Å²) in [5.41, 5.74) is 0.595. The zero-order valence-corrected chi connectivity index (χ0v) is 6.54. The summed E-state index contributed by atoms with van der Waals surface area (Å²) in [4.78, 5) is 0. The average molecular weight is 177 g/mol. The Morgan fingerprint density at radius 1 is 1.09 bits per heavy atom. The first kappa shape index (κ1) is 8.47. The second kappa shape index (κ2) is 3.67. The van der Waals surface area contributed by atoms with E-state index in [1.165, 1.54) is 12.1 Å². The Bertz CT molecular complexity index is 228. The number of hydrogen-bond acceptors (Lipinski definition) is 0. The standard InChI is InChI=1S/C8H7ClF2/c9-2-1-6-3-7(10)5-8(11)4-6/h3-5H,1-2H2. The molecule has 0 aromatic heterocycles. The molecule has 11 heavy (non-hydrogen) atoms. The van der Waals surface area contributed by atoms with Crippen LogP contribution < -0.4 is 0 Å². The molecule has 0 amide bonds. The lowest BCUT2D eigenvalue weighted by Gasteiger charge is -1.97. The number of halogens is 3. The lowest BCUT2D eigenvalue weighted by molar-refractivity contribution is 0.580. The van der Waals surface area contributed by atoms with E-state index in [1.807, 2.05) is 0 Å². The molecular formula is C8H7ClF2. The van der Waals surface area contributed by atoms with Crippen LogP contribution in [0.4, 0.5) is 8.78 Å². The lowest BCUT2D eigenvalue weighted by atomic mass is 10.2. The Labute approximate surface area is 68.8 Å². The average Bonchev–Trinajstić information content (AvgIpc) is 1.85. The molecule has 0 atom stereocenters. The van der Waals surface area contributed by atoms with Gasteiger partial charge in [0, 0.05) is 11.9 Å². The quantitative estimate of drug-likeness (QED) is 0.608. The Hall–Kier alpha value is -0.630. The van der Waals surface area contributed by atoms with Gasteiger partial charge in [-0.25, -0.2) is 8.78 Å². The van der Waals surface area contributed by atoms with E-state index in [9.17, 15) is 8.78 Å². The number of alkyl halides is 1. The maximum Gasteiger partial charge on any atom is 0.126 e. The molecule has 0 radical (unpaired) electrons. The van der Waals surface area contributed by atoms with Crippen molar-refractivity contribution in [2.75, 3.05) is 5.88 Å². The molecule has 0 aliphatic heterocycles. The summed E-state index contributed by atoms with van der Waals surface area (Å²) in [6.07, 6.45) is 0.496. The zero-order chi connectivity index (χ0) is 8.27. The molecule has 1 aromatic carbocycles. The molecule has 0 bridgehead atoms. The van der Waals surface area contributed by atoms with Crippen molar-refractivity contribution in [1.29, 1.82) is 0 Å². The Morgan fingerprint density at radius 3 is 2.09 bits per heavy atom. The molecule has 0 spiro atoms. The van der Waals surface area contributed by atoms with Crippen molar-refractivity contribution in [2.24, 2.45) is 0 Å². The van der Waals surface area contributed by atoms with Crippen LogP contribution >= 0.6 is 11.6 Å². The van der Waals surface area contributed by atoms with Gasteiger partial charge in [0.15, 0.2) is 0 Å². The molecule has 1 rings (SSSR count). The van der Waals surface area contributed by atoms with Crippen molar-refractivity contribution < 1.29 is 8.78 Å². The molecule has 0 saturated heterocycles. The lowest BCUT2D eigenvalue weighted by Crippen LogP contribution is -1.89. The second-order valence-corrected chi connectivity index (χ2v) is 2.59. The maximum atomic E-state index is 12.5. The summed E-state index contributed by atoms with van der Waals surface area (Å²) in [5, 5.41) is 0. The first-order valence-corrected chi connectivity index (χ1v) is 3.77. The highest BCUT2D eigenvalue weighted by Gasteiger charge is 1.98. The van der Waals surface area contributed by atoms with Gasteiger partial charge in [-0.2, -0.15) is 0 Å². The van der Waals surface area contributed by atoms with Crippen LogP contribution in [0, 0.1) is 11.6 Å². The van der Waals surface area contributed by atoms with E-state index in [0.717, 1.165) is 6.07 Å². The van der Waals surface area contributed by atoms with Crippen molar-refractivity contribution in [3.63, 3.8) is 0 Å². The summed E-state index contributed by atoms with van der Waals surface area (Å²) < 4.78 is 24.9. The van der Waals surface area contributed by atoms with Crippen molar-refractivity contribution in [3.8, 4) is 0 Å². The van der Waals surface area contributed by atoms with Gasteiger partial charge in [-0.3, -0.25) is 0 Å². The van der Waals surface area contributed by atoms with Crippen molar-refractivity contribution in [1.82, 2.24) is 0 Å². The van der Waals surface area contributed by atoms with Gasteiger partial charge in [0.2, 0.25) is 0 Å². The van der Waals surface area contributed by atoms with E-state index in [2.05, 4.69) is 0 Å². The summed E-state index contributed by atoms with van der Waals surface area (Å²) in [6.45, 7) is 0. The fourth-order valence-corrected chi connectivity index (χ4v) is 1.08. The van der Waals surface area contributed by atoms with Gasteiger partial charge in [0.25, 0.3) is 0 Å². The van der Waals surface area contributed by atoms with Crippen LogP contribution in [0.25, 0.3) is 0 Å². The van der Waals surface area contributed by atoms with Crippen molar-refractivity contribution in [3.05, 3.63) is 35.4 Å². The van der Waals surface area contributed by atoms with Gasteiger partial charge in [-0.05, 0) is 24.1 Å².